The van der Waals surface area contributed by atoms with Gasteiger partial charge in [-0.15, -0.1) is 0 Å². The number of carboxylic acids is 1. The molecule has 2 rings (SSSR count). The summed E-state index contributed by atoms with van der Waals surface area (Å²) in [6.45, 7) is 2.79. The Hall–Kier alpha value is -2.82. The summed E-state index contributed by atoms with van der Waals surface area (Å²) in [7, 11) is 0. The maximum Gasteiger partial charge on any atom is 0.335 e. The molecule has 2 aromatic rings. The van der Waals surface area contributed by atoms with Crippen molar-refractivity contribution in [3.63, 3.8) is 0 Å². The third kappa shape index (κ3) is 7.26. The Morgan fingerprint density at radius 3 is 2.17 bits per heavy atom. The third-order valence-corrected chi connectivity index (χ3v) is 4.85. The largest absolute Gasteiger partial charge is 0.507 e. The fraction of sp³-hybridized carbons (Fsp3) is 0.417. The van der Waals surface area contributed by atoms with E-state index in [2.05, 4.69) is 6.92 Å². The maximum absolute atomic E-state index is 12.6. The Labute approximate surface area is 172 Å². The summed E-state index contributed by atoms with van der Waals surface area (Å²) in [6.07, 6.45) is 9.74. The standard InChI is InChI=1S/C24H30O5/c1-2-3-4-5-6-7-8-9-15-29-20-13-14-21(22(25)17-20)23(26)18-11-10-12-19(16-18)24(27)28/h10-14,16-17,25H,2-9,15H2,1H3,(H,27,28). The number of carboxylic acid groups (broad SMARTS) is 1. The number of phenols is 1. The van der Waals surface area contributed by atoms with Crippen LogP contribution >= 0.6 is 0 Å². The summed E-state index contributed by atoms with van der Waals surface area (Å²) in [5, 5.41) is 19.3. The van der Waals surface area contributed by atoms with Crippen LogP contribution in [0.4, 0.5) is 0 Å². The molecule has 0 atom stereocenters. The van der Waals surface area contributed by atoms with Crippen LogP contribution in [0.3, 0.4) is 0 Å². The first-order valence-electron chi connectivity index (χ1n) is 10.4. The molecule has 0 aromatic heterocycles. The monoisotopic (exact) mass is 398 g/mol. The minimum absolute atomic E-state index is 0.0284. The number of aromatic hydroxyl groups is 1. The van der Waals surface area contributed by atoms with Gasteiger partial charge in [0.2, 0.25) is 0 Å². The molecule has 0 bridgehead atoms. The SMILES string of the molecule is CCCCCCCCCCOc1ccc(C(=O)c2cccc(C(=O)O)c2)c(O)c1. The lowest BCUT2D eigenvalue weighted by Gasteiger charge is -2.09. The normalized spacial score (nSPS) is 10.7. The van der Waals surface area contributed by atoms with Crippen LogP contribution in [-0.4, -0.2) is 28.6 Å². The number of rotatable bonds is 13. The zero-order valence-electron chi connectivity index (χ0n) is 17.0. The predicted molar refractivity (Wildman–Crippen MR) is 113 cm³/mol. The second-order valence-corrected chi connectivity index (χ2v) is 7.22. The van der Waals surface area contributed by atoms with E-state index in [-0.39, 0.29) is 22.4 Å². The van der Waals surface area contributed by atoms with E-state index < -0.39 is 11.8 Å². The van der Waals surface area contributed by atoms with Crippen molar-refractivity contribution in [2.24, 2.45) is 0 Å². The molecular formula is C24H30O5. The molecule has 0 radical (unpaired) electrons. The van der Waals surface area contributed by atoms with Crippen molar-refractivity contribution >= 4 is 11.8 Å². The summed E-state index contributed by atoms with van der Waals surface area (Å²) in [5.41, 5.74) is 0.362. The van der Waals surface area contributed by atoms with Gasteiger partial charge in [-0.2, -0.15) is 0 Å². The zero-order valence-corrected chi connectivity index (χ0v) is 17.0. The van der Waals surface area contributed by atoms with Crippen molar-refractivity contribution in [2.45, 2.75) is 58.3 Å². The van der Waals surface area contributed by atoms with Crippen LogP contribution < -0.4 is 4.74 Å². The van der Waals surface area contributed by atoms with E-state index in [4.69, 9.17) is 9.84 Å². The molecule has 0 heterocycles. The maximum atomic E-state index is 12.6. The summed E-state index contributed by atoms with van der Waals surface area (Å²) in [6, 6.07) is 10.3. The first-order valence-corrected chi connectivity index (χ1v) is 10.4. The van der Waals surface area contributed by atoms with Crippen molar-refractivity contribution in [1.29, 1.82) is 0 Å². The average Bonchev–Trinajstić information content (AvgIpc) is 2.72. The molecule has 0 aliphatic rings. The number of aromatic carboxylic acids is 1. The Kier molecular flexibility index (Phi) is 9.22. The lowest BCUT2D eigenvalue weighted by Crippen LogP contribution is -2.05. The molecule has 0 aliphatic carbocycles. The molecule has 0 amide bonds. The summed E-state index contributed by atoms with van der Waals surface area (Å²) in [4.78, 5) is 23.7. The quantitative estimate of drug-likeness (QED) is 0.327. The van der Waals surface area contributed by atoms with Gasteiger partial charge in [0.15, 0.2) is 5.78 Å². The van der Waals surface area contributed by atoms with E-state index >= 15 is 0 Å². The number of ketones is 1. The molecular weight excluding hydrogens is 368 g/mol. The Bertz CT molecular complexity index is 813. The molecule has 0 aliphatic heterocycles. The lowest BCUT2D eigenvalue weighted by molar-refractivity contribution is 0.0697. The fourth-order valence-electron chi connectivity index (χ4n) is 3.17. The van der Waals surface area contributed by atoms with Crippen LogP contribution in [0.5, 0.6) is 11.5 Å². The molecule has 2 N–H and O–H groups in total. The molecule has 2 aromatic carbocycles. The van der Waals surface area contributed by atoms with Crippen molar-refractivity contribution in [3.05, 3.63) is 59.2 Å². The summed E-state index contributed by atoms with van der Waals surface area (Å²) in [5.74, 6) is -1.20. The summed E-state index contributed by atoms with van der Waals surface area (Å²) >= 11 is 0. The van der Waals surface area contributed by atoms with Gasteiger partial charge in [0.05, 0.1) is 17.7 Å². The van der Waals surface area contributed by atoms with E-state index in [9.17, 15) is 14.7 Å². The molecule has 0 fully saturated rings. The highest BCUT2D eigenvalue weighted by molar-refractivity contribution is 6.11. The van der Waals surface area contributed by atoms with Crippen molar-refractivity contribution in [3.8, 4) is 11.5 Å². The number of hydrogen-bond donors (Lipinski definition) is 2. The van der Waals surface area contributed by atoms with Gasteiger partial charge in [0, 0.05) is 11.6 Å². The second-order valence-electron chi connectivity index (χ2n) is 7.22. The Morgan fingerprint density at radius 2 is 1.52 bits per heavy atom. The number of ether oxygens (including phenoxy) is 1. The highest BCUT2D eigenvalue weighted by atomic mass is 16.5. The van der Waals surface area contributed by atoms with E-state index in [1.807, 2.05) is 0 Å². The van der Waals surface area contributed by atoms with E-state index in [1.54, 1.807) is 6.07 Å². The molecule has 0 saturated carbocycles. The van der Waals surface area contributed by atoms with Crippen LogP contribution in [0, 0.1) is 0 Å². The van der Waals surface area contributed by atoms with Crippen LogP contribution in [-0.2, 0) is 0 Å². The van der Waals surface area contributed by atoms with Gasteiger partial charge in [-0.3, -0.25) is 4.79 Å². The van der Waals surface area contributed by atoms with E-state index in [1.165, 1.54) is 74.9 Å². The zero-order chi connectivity index (χ0) is 21.1. The molecule has 5 nitrogen and oxygen atoms in total. The lowest BCUT2D eigenvalue weighted by atomic mass is 10.0. The number of unbranched alkanes of at least 4 members (excludes halogenated alkanes) is 7. The fourth-order valence-corrected chi connectivity index (χ4v) is 3.17. The van der Waals surface area contributed by atoms with Gasteiger partial charge in [-0.25, -0.2) is 4.79 Å². The predicted octanol–water partition coefficient (Wildman–Crippen LogP) is 5.84. The van der Waals surface area contributed by atoms with Crippen LogP contribution in [0.1, 0.15) is 84.6 Å². The molecule has 29 heavy (non-hydrogen) atoms. The van der Waals surface area contributed by atoms with Gasteiger partial charge >= 0.3 is 5.97 Å². The smallest absolute Gasteiger partial charge is 0.335 e. The number of hydrogen-bond acceptors (Lipinski definition) is 4. The number of carbonyl (C=O) groups is 2. The van der Waals surface area contributed by atoms with Crippen molar-refractivity contribution < 1.29 is 24.5 Å². The third-order valence-electron chi connectivity index (χ3n) is 4.85. The first-order chi connectivity index (χ1) is 14.0. The molecule has 5 heteroatoms. The van der Waals surface area contributed by atoms with E-state index in [0.717, 1.165) is 12.8 Å². The number of benzene rings is 2. The second kappa shape index (κ2) is 11.9. The Balaban J connectivity index is 1.83. The highest BCUT2D eigenvalue weighted by Gasteiger charge is 2.16. The Morgan fingerprint density at radius 1 is 0.862 bits per heavy atom. The number of phenolic OH excluding ortho intramolecular Hbond substituents is 1. The van der Waals surface area contributed by atoms with Gasteiger partial charge in [-0.05, 0) is 30.7 Å². The molecule has 156 valence electrons. The minimum atomic E-state index is -1.10. The van der Waals surface area contributed by atoms with E-state index in [0.29, 0.717) is 12.4 Å². The highest BCUT2D eigenvalue weighted by Crippen LogP contribution is 2.26. The first kappa shape index (κ1) is 22.5. The average molecular weight is 398 g/mol. The molecule has 0 saturated heterocycles. The van der Waals surface area contributed by atoms with Gasteiger partial charge < -0.3 is 14.9 Å². The topological polar surface area (TPSA) is 83.8 Å². The van der Waals surface area contributed by atoms with Crippen molar-refractivity contribution in [1.82, 2.24) is 0 Å². The number of carbonyl (C=O) groups excluding carboxylic acids is 1. The van der Waals surface area contributed by atoms with Gasteiger partial charge in [0.25, 0.3) is 0 Å². The van der Waals surface area contributed by atoms with Gasteiger partial charge in [-0.1, -0.05) is 64.0 Å². The molecule has 0 spiro atoms. The minimum Gasteiger partial charge on any atom is -0.507 e. The van der Waals surface area contributed by atoms with Crippen molar-refractivity contribution in [2.75, 3.05) is 6.61 Å². The van der Waals surface area contributed by atoms with Crippen LogP contribution in [0.2, 0.25) is 0 Å². The van der Waals surface area contributed by atoms with Crippen LogP contribution in [0.15, 0.2) is 42.5 Å². The summed E-state index contributed by atoms with van der Waals surface area (Å²) < 4.78 is 5.67. The van der Waals surface area contributed by atoms with Gasteiger partial charge in [0.1, 0.15) is 11.5 Å². The van der Waals surface area contributed by atoms with Crippen LogP contribution in [0.25, 0.3) is 0 Å². The molecule has 0 unspecified atom stereocenters.